The van der Waals surface area contributed by atoms with Crippen molar-refractivity contribution < 1.29 is 0 Å². The van der Waals surface area contributed by atoms with Gasteiger partial charge in [-0.1, -0.05) is 6.92 Å². The summed E-state index contributed by atoms with van der Waals surface area (Å²) in [5, 5.41) is 7.79. The summed E-state index contributed by atoms with van der Waals surface area (Å²) in [7, 11) is 0. The van der Waals surface area contributed by atoms with Gasteiger partial charge >= 0.3 is 0 Å². The number of rotatable bonds is 4. The van der Waals surface area contributed by atoms with Crippen molar-refractivity contribution in [2.75, 3.05) is 6.54 Å². The van der Waals surface area contributed by atoms with Crippen molar-refractivity contribution in [1.29, 1.82) is 0 Å². The smallest absolute Gasteiger partial charge is 0.0623 e. The van der Waals surface area contributed by atoms with Crippen LogP contribution in [-0.2, 0) is 6.54 Å². The highest BCUT2D eigenvalue weighted by atomic mass is 127. The first-order valence-corrected chi connectivity index (χ1v) is 6.38. The minimum absolute atomic E-state index is 0.201. The molecule has 1 atom stereocenters. The van der Waals surface area contributed by atoms with E-state index in [-0.39, 0.29) is 5.54 Å². The molecule has 0 saturated carbocycles. The van der Waals surface area contributed by atoms with E-state index < -0.39 is 0 Å². The molecule has 1 rings (SSSR count). The monoisotopic (exact) mass is 321 g/mol. The fraction of sp³-hybridized carbons (Fsp3) is 0.727. The van der Waals surface area contributed by atoms with Crippen LogP contribution >= 0.6 is 22.6 Å². The first kappa shape index (κ1) is 13.0. The van der Waals surface area contributed by atoms with Gasteiger partial charge in [-0.15, -0.1) is 0 Å². The molecular weight excluding hydrogens is 301 g/mol. The lowest BCUT2D eigenvalue weighted by atomic mass is 10.1. The molecule has 4 heteroatoms. The summed E-state index contributed by atoms with van der Waals surface area (Å²) in [5.74, 6) is 0.597. The molecular formula is C11H20IN3. The van der Waals surface area contributed by atoms with Crippen molar-refractivity contribution >= 4 is 22.6 Å². The normalized spacial score (nSPS) is 14.2. The summed E-state index contributed by atoms with van der Waals surface area (Å²) in [4.78, 5) is 0. The molecule has 0 aliphatic rings. The Bertz CT molecular complexity index is 301. The fourth-order valence-electron chi connectivity index (χ4n) is 1.30. The lowest BCUT2D eigenvalue weighted by molar-refractivity contribution is 0.352. The van der Waals surface area contributed by atoms with E-state index in [4.69, 9.17) is 0 Å². The van der Waals surface area contributed by atoms with Crippen LogP contribution in [0.1, 0.15) is 27.7 Å². The van der Waals surface area contributed by atoms with Gasteiger partial charge in [-0.2, -0.15) is 5.10 Å². The first-order valence-electron chi connectivity index (χ1n) is 5.30. The molecule has 0 aliphatic heterocycles. The maximum atomic E-state index is 4.28. The third-order valence-corrected chi connectivity index (χ3v) is 2.64. The Morgan fingerprint density at radius 2 is 2.20 bits per heavy atom. The molecule has 0 aromatic carbocycles. The molecule has 3 nitrogen and oxygen atoms in total. The van der Waals surface area contributed by atoms with Crippen LogP contribution in [0.4, 0.5) is 0 Å². The van der Waals surface area contributed by atoms with Crippen molar-refractivity contribution in [3.05, 3.63) is 16.0 Å². The average Bonchev–Trinajstić information content (AvgIpc) is 2.47. The van der Waals surface area contributed by atoms with Gasteiger partial charge in [-0.3, -0.25) is 4.68 Å². The van der Waals surface area contributed by atoms with Gasteiger partial charge in [0.15, 0.2) is 0 Å². The first-order chi connectivity index (χ1) is 6.87. The molecule has 1 N–H and O–H groups in total. The lowest BCUT2D eigenvalue weighted by Crippen LogP contribution is -2.39. The molecule has 1 heterocycles. The van der Waals surface area contributed by atoms with E-state index in [2.05, 4.69) is 66.9 Å². The van der Waals surface area contributed by atoms with Crippen molar-refractivity contribution in [3.63, 3.8) is 0 Å². The molecule has 86 valence electrons. The van der Waals surface area contributed by atoms with Crippen LogP contribution in [0.15, 0.2) is 12.4 Å². The Kier molecular flexibility index (Phi) is 4.58. The molecule has 15 heavy (non-hydrogen) atoms. The van der Waals surface area contributed by atoms with E-state index in [0.29, 0.717) is 5.92 Å². The minimum atomic E-state index is 0.201. The predicted octanol–water partition coefficient (Wildman–Crippen LogP) is 2.51. The van der Waals surface area contributed by atoms with Gasteiger partial charge in [0, 0.05) is 18.3 Å². The number of nitrogens with one attached hydrogen (secondary N) is 1. The van der Waals surface area contributed by atoms with Crippen LogP contribution in [0.3, 0.4) is 0 Å². The van der Waals surface area contributed by atoms with Gasteiger partial charge in [0.05, 0.1) is 9.77 Å². The van der Waals surface area contributed by atoms with Crippen LogP contribution in [0.5, 0.6) is 0 Å². The summed E-state index contributed by atoms with van der Waals surface area (Å²) in [6.45, 7) is 10.8. The minimum Gasteiger partial charge on any atom is -0.312 e. The number of hydrogen-bond acceptors (Lipinski definition) is 2. The van der Waals surface area contributed by atoms with Crippen molar-refractivity contribution in [2.24, 2.45) is 5.92 Å². The van der Waals surface area contributed by atoms with E-state index in [1.807, 2.05) is 10.9 Å². The Morgan fingerprint density at radius 3 is 2.67 bits per heavy atom. The molecule has 1 unspecified atom stereocenters. The van der Waals surface area contributed by atoms with Gasteiger partial charge in [0.1, 0.15) is 0 Å². The summed E-state index contributed by atoms with van der Waals surface area (Å²) in [5.41, 5.74) is 0.201. The fourth-order valence-corrected chi connectivity index (χ4v) is 1.75. The van der Waals surface area contributed by atoms with Gasteiger partial charge in [0.25, 0.3) is 0 Å². The summed E-state index contributed by atoms with van der Waals surface area (Å²) in [6, 6.07) is 0. The van der Waals surface area contributed by atoms with E-state index in [0.717, 1.165) is 13.1 Å². The van der Waals surface area contributed by atoms with Crippen LogP contribution in [0.2, 0.25) is 0 Å². The Labute approximate surface area is 106 Å². The summed E-state index contributed by atoms with van der Waals surface area (Å²) in [6.07, 6.45) is 3.97. The molecule has 0 saturated heterocycles. The summed E-state index contributed by atoms with van der Waals surface area (Å²) >= 11 is 2.28. The molecule has 1 aromatic heterocycles. The number of nitrogens with zero attached hydrogens (tertiary/aromatic N) is 2. The topological polar surface area (TPSA) is 29.9 Å². The maximum Gasteiger partial charge on any atom is 0.0623 e. The Hall–Kier alpha value is -0.100. The second-order valence-corrected chi connectivity index (χ2v) is 6.36. The van der Waals surface area contributed by atoms with Crippen LogP contribution in [0, 0.1) is 9.49 Å². The molecule has 1 aromatic rings. The number of hydrogen-bond donors (Lipinski definition) is 1. The molecule has 0 amide bonds. The number of halogens is 1. The zero-order valence-corrected chi connectivity index (χ0v) is 12.1. The van der Waals surface area contributed by atoms with Gasteiger partial charge in [-0.25, -0.2) is 0 Å². The quantitative estimate of drug-likeness (QED) is 0.864. The average molecular weight is 321 g/mol. The van der Waals surface area contributed by atoms with Gasteiger partial charge < -0.3 is 5.32 Å². The van der Waals surface area contributed by atoms with Gasteiger partial charge in [0.2, 0.25) is 0 Å². The van der Waals surface area contributed by atoms with Crippen LogP contribution in [-0.4, -0.2) is 21.9 Å². The third kappa shape index (κ3) is 5.51. The molecule has 0 fully saturated rings. The predicted molar refractivity (Wildman–Crippen MR) is 71.9 cm³/mol. The largest absolute Gasteiger partial charge is 0.312 e. The zero-order chi connectivity index (χ0) is 11.5. The Balaban J connectivity index is 2.33. The standard InChI is InChI=1S/C11H20IN3/c1-9(5-13-11(2,3)4)7-15-8-10(12)6-14-15/h6,8-9,13H,5,7H2,1-4H3. The third-order valence-electron chi connectivity index (χ3n) is 2.08. The van der Waals surface area contributed by atoms with Crippen LogP contribution in [0.25, 0.3) is 0 Å². The SMILES string of the molecule is CC(CNC(C)(C)C)Cn1cc(I)cn1. The highest BCUT2D eigenvalue weighted by molar-refractivity contribution is 14.1. The summed E-state index contributed by atoms with van der Waals surface area (Å²) < 4.78 is 3.21. The second kappa shape index (κ2) is 5.30. The Morgan fingerprint density at radius 1 is 1.53 bits per heavy atom. The molecule has 0 aliphatic carbocycles. The van der Waals surface area contributed by atoms with Crippen LogP contribution < -0.4 is 5.32 Å². The highest BCUT2D eigenvalue weighted by Gasteiger charge is 2.11. The molecule has 0 radical (unpaired) electrons. The van der Waals surface area contributed by atoms with E-state index >= 15 is 0 Å². The van der Waals surface area contributed by atoms with Crippen molar-refractivity contribution in [3.8, 4) is 0 Å². The lowest BCUT2D eigenvalue weighted by Gasteiger charge is -2.23. The van der Waals surface area contributed by atoms with E-state index in [1.165, 1.54) is 3.57 Å². The highest BCUT2D eigenvalue weighted by Crippen LogP contribution is 2.06. The van der Waals surface area contributed by atoms with Gasteiger partial charge in [-0.05, 0) is 55.8 Å². The second-order valence-electron chi connectivity index (χ2n) is 5.12. The number of aromatic nitrogens is 2. The van der Waals surface area contributed by atoms with Crippen molar-refractivity contribution in [2.45, 2.75) is 39.8 Å². The molecule has 0 bridgehead atoms. The van der Waals surface area contributed by atoms with E-state index in [1.54, 1.807) is 0 Å². The maximum absolute atomic E-state index is 4.28. The molecule has 0 spiro atoms. The zero-order valence-electron chi connectivity index (χ0n) is 9.92. The van der Waals surface area contributed by atoms with E-state index in [9.17, 15) is 0 Å². The van der Waals surface area contributed by atoms with Crippen molar-refractivity contribution in [1.82, 2.24) is 15.1 Å².